The van der Waals surface area contributed by atoms with Crippen molar-refractivity contribution in [3.63, 3.8) is 0 Å². The highest BCUT2D eigenvalue weighted by molar-refractivity contribution is 5.75. The van der Waals surface area contributed by atoms with Crippen LogP contribution in [0.2, 0.25) is 0 Å². The molecule has 0 radical (unpaired) electrons. The van der Waals surface area contributed by atoms with Gasteiger partial charge < -0.3 is 28.8 Å². The molecule has 1 atom stereocenters. The van der Waals surface area contributed by atoms with Crippen LogP contribution in [-0.4, -0.2) is 31.4 Å². The van der Waals surface area contributed by atoms with Crippen molar-refractivity contribution in [3.05, 3.63) is 64.9 Å². The lowest BCUT2D eigenvalue weighted by molar-refractivity contribution is -0.147. The van der Waals surface area contributed by atoms with Gasteiger partial charge in [-0.1, -0.05) is 5.57 Å². The number of esters is 1. The number of methoxy groups -OCH3 is 1. The van der Waals surface area contributed by atoms with Crippen LogP contribution in [0.25, 0.3) is 5.76 Å². The second-order valence-electron chi connectivity index (χ2n) is 7.95. The lowest BCUT2D eigenvalue weighted by Gasteiger charge is -2.32. The van der Waals surface area contributed by atoms with Crippen LogP contribution in [0.3, 0.4) is 0 Å². The molecule has 1 heterocycles. The summed E-state index contributed by atoms with van der Waals surface area (Å²) >= 11 is 0. The van der Waals surface area contributed by atoms with E-state index in [0.29, 0.717) is 65.9 Å². The molecule has 0 aliphatic carbocycles. The van der Waals surface area contributed by atoms with Crippen LogP contribution in [-0.2, 0) is 20.7 Å². The predicted octanol–water partition coefficient (Wildman–Crippen LogP) is 5.71. The smallest absolute Gasteiger partial charge is 0.303 e. The predicted molar refractivity (Wildman–Crippen MR) is 129 cm³/mol. The third kappa shape index (κ3) is 5.30. The van der Waals surface area contributed by atoms with Gasteiger partial charge in [-0.05, 0) is 57.9 Å². The average Bonchev–Trinajstić information content (AvgIpc) is 2.79. The van der Waals surface area contributed by atoms with Gasteiger partial charge in [-0.2, -0.15) is 0 Å². The van der Waals surface area contributed by atoms with Gasteiger partial charge >= 0.3 is 5.97 Å². The topological polar surface area (TPSA) is 83.5 Å². The number of hydrogen-bond acceptors (Lipinski definition) is 7. The normalized spacial score (nSPS) is 14.7. The quantitative estimate of drug-likeness (QED) is 0.353. The fraction of sp³-hybridized carbons (Fsp3) is 0.370. The minimum absolute atomic E-state index is 0.102. The first kappa shape index (κ1) is 25.0. The van der Waals surface area contributed by atoms with Crippen molar-refractivity contribution >= 4 is 11.7 Å². The Morgan fingerprint density at radius 2 is 1.79 bits per heavy atom. The van der Waals surface area contributed by atoms with Crippen molar-refractivity contribution in [3.8, 4) is 23.0 Å². The molecule has 0 saturated carbocycles. The van der Waals surface area contributed by atoms with Gasteiger partial charge in [0.1, 0.15) is 23.0 Å². The molecule has 7 nitrogen and oxygen atoms in total. The first-order valence-electron chi connectivity index (χ1n) is 11.3. The molecule has 0 bridgehead atoms. The molecule has 1 aliphatic heterocycles. The summed E-state index contributed by atoms with van der Waals surface area (Å²) in [6.45, 7) is 11.7. The van der Waals surface area contributed by atoms with Gasteiger partial charge in [-0.15, -0.1) is 6.58 Å². The van der Waals surface area contributed by atoms with E-state index in [0.717, 1.165) is 11.1 Å². The first-order valence-corrected chi connectivity index (χ1v) is 11.3. The Morgan fingerprint density at radius 3 is 2.35 bits per heavy atom. The Balaban J connectivity index is 2.27. The number of carbonyl (C=O) groups excluding carboxylic acids is 1. The molecule has 0 spiro atoms. The molecule has 34 heavy (non-hydrogen) atoms. The minimum Gasteiger partial charge on any atom is -0.507 e. The number of ether oxygens (including phenoxy) is 5. The monoisotopic (exact) mass is 468 g/mol. The van der Waals surface area contributed by atoms with Crippen molar-refractivity contribution in [2.75, 3.05) is 20.3 Å². The number of hydrogen-bond donors (Lipinski definition) is 1. The van der Waals surface area contributed by atoms with Gasteiger partial charge in [0, 0.05) is 24.1 Å². The maximum Gasteiger partial charge on any atom is 0.303 e. The third-order valence-corrected chi connectivity index (χ3v) is 5.33. The second kappa shape index (κ2) is 11.0. The van der Waals surface area contributed by atoms with Crippen molar-refractivity contribution < 1.29 is 33.6 Å². The maximum atomic E-state index is 12.1. The number of aromatic hydroxyl groups is 1. The molecule has 0 fully saturated rings. The number of benzene rings is 2. The van der Waals surface area contributed by atoms with E-state index in [9.17, 15) is 9.90 Å². The van der Waals surface area contributed by atoms with Crippen molar-refractivity contribution in [2.24, 2.45) is 0 Å². The summed E-state index contributed by atoms with van der Waals surface area (Å²) in [5.74, 6) is 1.68. The molecule has 1 N–H and O–H groups in total. The van der Waals surface area contributed by atoms with E-state index in [1.54, 1.807) is 7.11 Å². The summed E-state index contributed by atoms with van der Waals surface area (Å²) < 4.78 is 29.2. The maximum absolute atomic E-state index is 12.1. The lowest BCUT2D eigenvalue weighted by Crippen LogP contribution is -2.22. The summed E-state index contributed by atoms with van der Waals surface area (Å²) in [5.41, 5.74) is 2.80. The van der Waals surface area contributed by atoms with Crippen LogP contribution >= 0.6 is 0 Å². The standard InChI is InChI=1S/C27H32O7/c1-7-31-22-15-21(29)23-25(20(22)14-9-16(3)4)34-24(18-10-12-19(30-6)13-11-18)27(32-8-2)26(23)33-17(5)28/h10-13,15,26,29H,3,7-9,14H2,1-2,4-6H3. The molecule has 0 aromatic heterocycles. The summed E-state index contributed by atoms with van der Waals surface area (Å²) in [4.78, 5) is 12.1. The summed E-state index contributed by atoms with van der Waals surface area (Å²) in [7, 11) is 1.59. The highest BCUT2D eigenvalue weighted by atomic mass is 16.6. The highest BCUT2D eigenvalue weighted by Gasteiger charge is 2.39. The highest BCUT2D eigenvalue weighted by Crippen LogP contribution is 2.52. The van der Waals surface area contributed by atoms with E-state index >= 15 is 0 Å². The van der Waals surface area contributed by atoms with Crippen LogP contribution in [0.1, 0.15) is 56.9 Å². The number of allylic oxidation sites excluding steroid dienone is 1. The largest absolute Gasteiger partial charge is 0.507 e. The average molecular weight is 469 g/mol. The van der Waals surface area contributed by atoms with E-state index in [2.05, 4.69) is 6.58 Å². The number of rotatable bonds is 10. The zero-order valence-corrected chi connectivity index (χ0v) is 20.4. The molecule has 0 amide bonds. The van der Waals surface area contributed by atoms with E-state index in [4.69, 9.17) is 23.7 Å². The van der Waals surface area contributed by atoms with Gasteiger partial charge in [-0.3, -0.25) is 4.79 Å². The Morgan fingerprint density at radius 1 is 1.12 bits per heavy atom. The SMILES string of the molecule is C=C(C)CCc1c(OCC)cc(O)c2c1OC(c1ccc(OC)cc1)=C(OCC)C2OC(C)=O. The summed E-state index contributed by atoms with van der Waals surface area (Å²) in [5, 5.41) is 11.0. The molecule has 0 saturated heterocycles. The van der Waals surface area contributed by atoms with E-state index in [1.807, 2.05) is 45.0 Å². The fourth-order valence-electron chi connectivity index (χ4n) is 3.83. The van der Waals surface area contributed by atoms with E-state index in [1.165, 1.54) is 13.0 Å². The second-order valence-corrected chi connectivity index (χ2v) is 7.95. The Hall–Kier alpha value is -3.61. The zero-order valence-electron chi connectivity index (χ0n) is 20.4. The molecule has 3 rings (SSSR count). The molecule has 1 aliphatic rings. The van der Waals surface area contributed by atoms with Crippen LogP contribution in [0.15, 0.2) is 48.2 Å². The van der Waals surface area contributed by atoms with Crippen LogP contribution in [0, 0.1) is 0 Å². The van der Waals surface area contributed by atoms with Gasteiger partial charge in [0.2, 0.25) is 0 Å². The van der Waals surface area contributed by atoms with Crippen molar-refractivity contribution in [2.45, 2.75) is 46.6 Å². The lowest BCUT2D eigenvalue weighted by atomic mass is 9.93. The molecular weight excluding hydrogens is 436 g/mol. The third-order valence-electron chi connectivity index (χ3n) is 5.33. The molecule has 1 unspecified atom stereocenters. The van der Waals surface area contributed by atoms with Crippen molar-refractivity contribution in [1.29, 1.82) is 0 Å². The Kier molecular flexibility index (Phi) is 8.10. The number of carbonyl (C=O) groups is 1. The van der Waals surface area contributed by atoms with E-state index in [-0.39, 0.29) is 5.75 Å². The summed E-state index contributed by atoms with van der Waals surface area (Å²) in [6, 6.07) is 8.83. The molecule has 7 heteroatoms. The van der Waals surface area contributed by atoms with E-state index < -0.39 is 12.1 Å². The van der Waals surface area contributed by atoms with Crippen molar-refractivity contribution in [1.82, 2.24) is 0 Å². The number of phenols is 1. The van der Waals surface area contributed by atoms with Gasteiger partial charge in [0.25, 0.3) is 0 Å². The number of phenolic OH excluding ortho intramolecular Hbond substituents is 1. The van der Waals surface area contributed by atoms with Gasteiger partial charge in [0.15, 0.2) is 17.6 Å². The Bertz CT molecular complexity index is 1080. The number of fused-ring (bicyclic) bond motifs is 1. The molecule has 2 aromatic rings. The molecule has 182 valence electrons. The fourth-order valence-corrected chi connectivity index (χ4v) is 3.83. The molecule has 2 aromatic carbocycles. The Labute approximate surface area is 200 Å². The van der Waals surface area contributed by atoms with Crippen LogP contribution in [0.4, 0.5) is 0 Å². The molecular formula is C27H32O7. The minimum atomic E-state index is -0.988. The zero-order chi connectivity index (χ0) is 24.8. The summed E-state index contributed by atoms with van der Waals surface area (Å²) in [6.07, 6.45) is 0.274. The van der Waals surface area contributed by atoms with Crippen LogP contribution < -0.4 is 14.2 Å². The van der Waals surface area contributed by atoms with Crippen LogP contribution in [0.5, 0.6) is 23.0 Å². The van der Waals surface area contributed by atoms with Gasteiger partial charge in [0.05, 0.1) is 25.9 Å². The van der Waals surface area contributed by atoms with Gasteiger partial charge in [-0.25, -0.2) is 0 Å². The first-order chi connectivity index (χ1) is 16.3.